The predicted molar refractivity (Wildman–Crippen MR) is 75.8 cm³/mol. The molecule has 3 nitrogen and oxygen atoms in total. The molecule has 1 aliphatic heterocycles. The van der Waals surface area contributed by atoms with Crippen LogP contribution in [0.3, 0.4) is 0 Å². The van der Waals surface area contributed by atoms with Crippen LogP contribution in [0.1, 0.15) is 46.5 Å². The topological polar surface area (TPSA) is 29.5 Å². The summed E-state index contributed by atoms with van der Waals surface area (Å²) in [5.74, 6) is 5.98. The third-order valence-corrected chi connectivity index (χ3v) is 3.15. The van der Waals surface area contributed by atoms with Crippen LogP contribution >= 0.6 is 12.4 Å². The van der Waals surface area contributed by atoms with Crippen molar-refractivity contribution in [2.24, 2.45) is 0 Å². The first-order valence-corrected chi connectivity index (χ1v) is 6.48. The van der Waals surface area contributed by atoms with E-state index >= 15 is 0 Å². The standard InChI is InChI=1S/C14H23NO2.ClH/c1-4-14(3,17-13(2)16)9-8-12-15-10-6-5-7-11-15;/h4-7,10-12H2,1-3H3;1H. The molecule has 1 rings (SSSR count). The third kappa shape index (κ3) is 6.28. The SMILES string of the molecule is CCC(C)(C#CCN1CCCCC1)OC(C)=O.Cl. The lowest BCUT2D eigenvalue weighted by Crippen LogP contribution is -2.31. The van der Waals surface area contributed by atoms with Crippen molar-refractivity contribution in [2.45, 2.75) is 52.1 Å². The van der Waals surface area contributed by atoms with Gasteiger partial charge in [0.2, 0.25) is 0 Å². The lowest BCUT2D eigenvalue weighted by atomic mass is 10.0. The summed E-state index contributed by atoms with van der Waals surface area (Å²) < 4.78 is 5.25. The van der Waals surface area contributed by atoms with Gasteiger partial charge in [0, 0.05) is 6.92 Å². The molecule has 0 bridgehead atoms. The highest BCUT2D eigenvalue weighted by Gasteiger charge is 2.22. The van der Waals surface area contributed by atoms with Crippen LogP contribution in [0.2, 0.25) is 0 Å². The zero-order valence-corrected chi connectivity index (χ0v) is 12.4. The Balaban J connectivity index is 0.00000289. The van der Waals surface area contributed by atoms with Crippen molar-refractivity contribution in [2.75, 3.05) is 19.6 Å². The van der Waals surface area contributed by atoms with Crippen molar-refractivity contribution in [1.29, 1.82) is 0 Å². The van der Waals surface area contributed by atoms with Crippen LogP contribution in [-0.4, -0.2) is 36.1 Å². The quantitative estimate of drug-likeness (QED) is 0.585. The van der Waals surface area contributed by atoms with Crippen LogP contribution in [0.5, 0.6) is 0 Å². The van der Waals surface area contributed by atoms with Crippen molar-refractivity contribution >= 4 is 18.4 Å². The Morgan fingerprint density at radius 3 is 2.44 bits per heavy atom. The largest absolute Gasteiger partial charge is 0.446 e. The molecule has 0 amide bonds. The number of nitrogens with zero attached hydrogens (tertiary/aromatic N) is 1. The highest BCUT2D eigenvalue weighted by molar-refractivity contribution is 5.85. The fraction of sp³-hybridized carbons (Fsp3) is 0.786. The molecule has 0 aromatic rings. The molecule has 1 atom stereocenters. The van der Waals surface area contributed by atoms with Gasteiger partial charge in [0.05, 0.1) is 6.54 Å². The monoisotopic (exact) mass is 273 g/mol. The molecule has 1 saturated heterocycles. The van der Waals surface area contributed by atoms with Gasteiger partial charge in [-0.15, -0.1) is 12.4 Å². The summed E-state index contributed by atoms with van der Waals surface area (Å²) in [6.45, 7) is 8.36. The lowest BCUT2D eigenvalue weighted by Gasteiger charge is -2.25. The Labute approximate surface area is 117 Å². The van der Waals surface area contributed by atoms with Gasteiger partial charge in [-0.3, -0.25) is 9.69 Å². The molecular weight excluding hydrogens is 250 g/mol. The Morgan fingerprint density at radius 2 is 1.94 bits per heavy atom. The van der Waals surface area contributed by atoms with E-state index < -0.39 is 5.60 Å². The Hall–Kier alpha value is -0.720. The molecule has 1 heterocycles. The Bertz CT molecular complexity index is 315. The average Bonchev–Trinajstić information content (AvgIpc) is 2.29. The van der Waals surface area contributed by atoms with Crippen molar-refractivity contribution in [1.82, 2.24) is 4.90 Å². The van der Waals surface area contributed by atoms with Gasteiger partial charge in [-0.1, -0.05) is 25.2 Å². The summed E-state index contributed by atoms with van der Waals surface area (Å²) in [5.41, 5.74) is -0.623. The number of halogens is 1. The van der Waals surface area contributed by atoms with E-state index in [1.165, 1.54) is 26.2 Å². The molecule has 0 spiro atoms. The van der Waals surface area contributed by atoms with Gasteiger partial charge in [0.1, 0.15) is 0 Å². The molecule has 1 fully saturated rings. The number of esters is 1. The molecule has 0 saturated carbocycles. The van der Waals surface area contributed by atoms with E-state index in [1.54, 1.807) is 0 Å². The Kier molecular flexibility index (Phi) is 8.06. The third-order valence-electron chi connectivity index (χ3n) is 3.15. The maximum absolute atomic E-state index is 11.0. The lowest BCUT2D eigenvalue weighted by molar-refractivity contribution is -0.150. The first-order valence-electron chi connectivity index (χ1n) is 6.48. The number of carbonyl (C=O) groups excluding carboxylic acids is 1. The number of likely N-dealkylation sites (tertiary alicyclic amines) is 1. The average molecular weight is 274 g/mol. The number of carbonyl (C=O) groups is 1. The van der Waals surface area contributed by atoms with Crippen LogP contribution in [-0.2, 0) is 9.53 Å². The van der Waals surface area contributed by atoms with E-state index in [9.17, 15) is 4.79 Å². The summed E-state index contributed by atoms with van der Waals surface area (Å²) in [6.07, 6.45) is 4.61. The minimum atomic E-state index is -0.623. The van der Waals surface area contributed by atoms with Gasteiger partial charge in [-0.25, -0.2) is 0 Å². The van der Waals surface area contributed by atoms with Crippen LogP contribution in [0.25, 0.3) is 0 Å². The second-order valence-corrected chi connectivity index (χ2v) is 4.82. The van der Waals surface area contributed by atoms with Gasteiger partial charge >= 0.3 is 5.97 Å². The highest BCUT2D eigenvalue weighted by Crippen LogP contribution is 2.14. The molecule has 0 N–H and O–H groups in total. The van der Waals surface area contributed by atoms with Gasteiger partial charge in [-0.2, -0.15) is 0 Å². The fourth-order valence-corrected chi connectivity index (χ4v) is 1.96. The first kappa shape index (κ1) is 17.3. The van der Waals surface area contributed by atoms with E-state index in [1.807, 2.05) is 13.8 Å². The molecule has 1 aliphatic rings. The zero-order chi connectivity index (χ0) is 12.7. The molecular formula is C14H24ClNO2. The van der Waals surface area contributed by atoms with Crippen LogP contribution in [0.4, 0.5) is 0 Å². The summed E-state index contributed by atoms with van der Waals surface area (Å²) in [6, 6.07) is 0. The van der Waals surface area contributed by atoms with Crippen LogP contribution < -0.4 is 0 Å². The highest BCUT2D eigenvalue weighted by atomic mass is 35.5. The smallest absolute Gasteiger partial charge is 0.304 e. The van der Waals surface area contributed by atoms with E-state index in [0.29, 0.717) is 0 Å². The molecule has 0 aromatic heterocycles. The molecule has 0 aromatic carbocycles. The van der Waals surface area contributed by atoms with E-state index in [-0.39, 0.29) is 18.4 Å². The van der Waals surface area contributed by atoms with E-state index in [4.69, 9.17) is 4.74 Å². The molecule has 18 heavy (non-hydrogen) atoms. The number of rotatable bonds is 3. The van der Waals surface area contributed by atoms with Gasteiger partial charge in [-0.05, 0) is 39.3 Å². The fourth-order valence-electron chi connectivity index (χ4n) is 1.96. The number of ether oxygens (including phenoxy) is 1. The van der Waals surface area contributed by atoms with Gasteiger partial charge in [0.25, 0.3) is 0 Å². The second-order valence-electron chi connectivity index (χ2n) is 4.82. The molecule has 4 heteroatoms. The minimum Gasteiger partial charge on any atom is -0.446 e. The van der Waals surface area contributed by atoms with E-state index in [0.717, 1.165) is 26.1 Å². The first-order chi connectivity index (χ1) is 8.06. The summed E-state index contributed by atoms with van der Waals surface area (Å²) in [4.78, 5) is 13.3. The number of hydrogen-bond acceptors (Lipinski definition) is 3. The maximum atomic E-state index is 11.0. The van der Waals surface area contributed by atoms with Crippen molar-refractivity contribution in [3.63, 3.8) is 0 Å². The summed E-state index contributed by atoms with van der Waals surface area (Å²) >= 11 is 0. The van der Waals surface area contributed by atoms with Crippen molar-refractivity contribution in [3.8, 4) is 11.8 Å². The summed E-state index contributed by atoms with van der Waals surface area (Å²) in [7, 11) is 0. The Morgan fingerprint density at radius 1 is 1.33 bits per heavy atom. The number of hydrogen-bond donors (Lipinski definition) is 0. The molecule has 104 valence electrons. The van der Waals surface area contributed by atoms with Crippen molar-refractivity contribution in [3.05, 3.63) is 0 Å². The second kappa shape index (κ2) is 8.39. The molecule has 1 unspecified atom stereocenters. The van der Waals surface area contributed by atoms with Gasteiger partial charge in [0.15, 0.2) is 5.60 Å². The zero-order valence-electron chi connectivity index (χ0n) is 11.6. The van der Waals surface area contributed by atoms with E-state index in [2.05, 4.69) is 16.7 Å². The summed E-state index contributed by atoms with van der Waals surface area (Å²) in [5, 5.41) is 0. The number of piperidine rings is 1. The van der Waals surface area contributed by atoms with Crippen LogP contribution in [0, 0.1) is 11.8 Å². The maximum Gasteiger partial charge on any atom is 0.304 e. The van der Waals surface area contributed by atoms with Crippen LogP contribution in [0.15, 0.2) is 0 Å². The molecule has 0 radical (unpaired) electrons. The molecule has 0 aliphatic carbocycles. The minimum absolute atomic E-state index is 0. The van der Waals surface area contributed by atoms with Gasteiger partial charge < -0.3 is 4.74 Å². The normalized spacial score (nSPS) is 18.8. The van der Waals surface area contributed by atoms with Crippen molar-refractivity contribution < 1.29 is 9.53 Å². The predicted octanol–water partition coefficient (Wildman–Crippen LogP) is 2.63.